The number of urea groups is 1. The summed E-state index contributed by atoms with van der Waals surface area (Å²) in [7, 11) is 1.47. The number of hydrogen-bond donors (Lipinski definition) is 2. The SMILES string of the molecule is CNC(=O)NC(=O)C(C)Sc1cccc2cccnc12. The van der Waals surface area contributed by atoms with Crippen LogP contribution in [0.1, 0.15) is 6.92 Å². The van der Waals surface area contributed by atoms with Crippen molar-refractivity contribution >= 4 is 34.6 Å². The standard InChI is InChI=1S/C14H15N3O2S/c1-9(13(18)17-14(19)15-2)20-11-7-3-5-10-6-4-8-16-12(10)11/h3-9H,1-2H3,(H2,15,17,18,19). The number of carbonyl (C=O) groups excluding carboxylic acids is 2. The molecule has 0 saturated carbocycles. The Kier molecular flexibility index (Phi) is 4.57. The van der Waals surface area contributed by atoms with Crippen LogP contribution < -0.4 is 10.6 Å². The Balaban J connectivity index is 2.15. The summed E-state index contributed by atoms with van der Waals surface area (Å²) < 4.78 is 0. The highest BCUT2D eigenvalue weighted by molar-refractivity contribution is 8.00. The molecule has 20 heavy (non-hydrogen) atoms. The molecule has 0 aliphatic carbocycles. The third-order valence-corrected chi connectivity index (χ3v) is 3.88. The molecule has 1 atom stereocenters. The first-order valence-corrected chi connectivity index (χ1v) is 7.02. The van der Waals surface area contributed by atoms with Gasteiger partial charge in [0.1, 0.15) is 0 Å². The van der Waals surface area contributed by atoms with E-state index < -0.39 is 6.03 Å². The van der Waals surface area contributed by atoms with Crippen LogP contribution in [-0.4, -0.2) is 29.2 Å². The van der Waals surface area contributed by atoms with Gasteiger partial charge in [-0.25, -0.2) is 4.79 Å². The zero-order chi connectivity index (χ0) is 14.5. The maximum absolute atomic E-state index is 11.8. The van der Waals surface area contributed by atoms with Gasteiger partial charge >= 0.3 is 6.03 Å². The summed E-state index contributed by atoms with van der Waals surface area (Å²) in [5, 5.41) is 5.25. The average Bonchev–Trinajstić information content (AvgIpc) is 2.47. The highest BCUT2D eigenvalue weighted by Gasteiger charge is 2.17. The maximum Gasteiger partial charge on any atom is 0.321 e. The van der Waals surface area contributed by atoms with Crippen molar-refractivity contribution in [1.29, 1.82) is 0 Å². The van der Waals surface area contributed by atoms with Crippen molar-refractivity contribution in [2.75, 3.05) is 7.05 Å². The first-order chi connectivity index (χ1) is 9.61. The van der Waals surface area contributed by atoms with Crippen molar-refractivity contribution in [3.63, 3.8) is 0 Å². The number of carbonyl (C=O) groups is 2. The van der Waals surface area contributed by atoms with Crippen LogP contribution in [0, 0.1) is 0 Å². The highest BCUT2D eigenvalue weighted by Crippen LogP contribution is 2.29. The molecule has 1 heterocycles. The third-order valence-electron chi connectivity index (χ3n) is 2.73. The summed E-state index contributed by atoms with van der Waals surface area (Å²) in [5.74, 6) is -0.331. The van der Waals surface area contributed by atoms with Crippen LogP contribution in [0.2, 0.25) is 0 Å². The minimum Gasteiger partial charge on any atom is -0.341 e. The van der Waals surface area contributed by atoms with Crippen LogP contribution in [0.25, 0.3) is 10.9 Å². The molecule has 1 aromatic carbocycles. The summed E-state index contributed by atoms with van der Waals surface area (Å²) >= 11 is 1.38. The molecule has 0 radical (unpaired) electrons. The van der Waals surface area contributed by atoms with Crippen LogP contribution in [-0.2, 0) is 4.79 Å². The summed E-state index contributed by atoms with van der Waals surface area (Å²) in [5.41, 5.74) is 0.861. The summed E-state index contributed by atoms with van der Waals surface area (Å²) in [4.78, 5) is 28.2. The van der Waals surface area contributed by atoms with Crippen molar-refractivity contribution in [2.45, 2.75) is 17.1 Å². The number of aromatic nitrogens is 1. The monoisotopic (exact) mass is 289 g/mol. The van der Waals surface area contributed by atoms with E-state index in [0.717, 1.165) is 15.8 Å². The van der Waals surface area contributed by atoms with E-state index in [4.69, 9.17) is 0 Å². The molecule has 104 valence electrons. The highest BCUT2D eigenvalue weighted by atomic mass is 32.2. The number of nitrogens with zero attached hydrogens (tertiary/aromatic N) is 1. The predicted molar refractivity (Wildman–Crippen MR) is 79.7 cm³/mol. The minimum absolute atomic E-state index is 0.331. The van der Waals surface area contributed by atoms with Crippen molar-refractivity contribution in [1.82, 2.24) is 15.6 Å². The van der Waals surface area contributed by atoms with E-state index in [-0.39, 0.29) is 11.2 Å². The van der Waals surface area contributed by atoms with Crippen LogP contribution in [0.4, 0.5) is 4.79 Å². The van der Waals surface area contributed by atoms with Crippen molar-refractivity contribution in [3.05, 3.63) is 36.5 Å². The van der Waals surface area contributed by atoms with Crippen LogP contribution in [0.3, 0.4) is 0 Å². The molecule has 1 aromatic heterocycles. The lowest BCUT2D eigenvalue weighted by Crippen LogP contribution is -2.41. The molecular weight excluding hydrogens is 274 g/mol. The molecule has 0 aliphatic rings. The number of para-hydroxylation sites is 1. The zero-order valence-corrected chi connectivity index (χ0v) is 12.0. The molecule has 2 aromatic rings. The quantitative estimate of drug-likeness (QED) is 0.850. The van der Waals surface area contributed by atoms with Crippen LogP contribution in [0.5, 0.6) is 0 Å². The second-order valence-corrected chi connectivity index (χ2v) is 5.54. The number of amides is 3. The zero-order valence-electron chi connectivity index (χ0n) is 11.2. The Bertz CT molecular complexity index is 640. The van der Waals surface area contributed by atoms with Gasteiger partial charge in [0.25, 0.3) is 0 Å². The lowest BCUT2D eigenvalue weighted by atomic mass is 10.2. The van der Waals surface area contributed by atoms with Gasteiger partial charge in [0, 0.05) is 23.5 Å². The van der Waals surface area contributed by atoms with Crippen molar-refractivity contribution in [2.24, 2.45) is 0 Å². The smallest absolute Gasteiger partial charge is 0.321 e. The topological polar surface area (TPSA) is 71.1 Å². The van der Waals surface area contributed by atoms with E-state index in [2.05, 4.69) is 15.6 Å². The van der Waals surface area contributed by atoms with Gasteiger partial charge in [-0.3, -0.25) is 15.1 Å². The Morgan fingerprint density at radius 1 is 1.25 bits per heavy atom. The molecule has 0 bridgehead atoms. The van der Waals surface area contributed by atoms with Crippen LogP contribution in [0.15, 0.2) is 41.4 Å². The van der Waals surface area contributed by atoms with Crippen molar-refractivity contribution in [3.8, 4) is 0 Å². The summed E-state index contributed by atoms with van der Waals surface area (Å²) in [6, 6.07) is 9.17. The Morgan fingerprint density at radius 2 is 2.00 bits per heavy atom. The van der Waals surface area contributed by atoms with Crippen LogP contribution >= 0.6 is 11.8 Å². The number of benzene rings is 1. The molecule has 0 aliphatic heterocycles. The normalized spacial score (nSPS) is 11.9. The number of thioether (sulfide) groups is 1. The predicted octanol–water partition coefficient (Wildman–Crippen LogP) is 2.17. The molecule has 5 nitrogen and oxygen atoms in total. The first kappa shape index (κ1) is 14.3. The van der Waals surface area contributed by atoms with E-state index in [9.17, 15) is 9.59 Å². The molecular formula is C14H15N3O2S. The number of fused-ring (bicyclic) bond motifs is 1. The lowest BCUT2D eigenvalue weighted by Gasteiger charge is -2.12. The first-order valence-electron chi connectivity index (χ1n) is 6.15. The summed E-state index contributed by atoms with van der Waals surface area (Å²) in [6.07, 6.45) is 1.72. The van der Waals surface area contributed by atoms with Gasteiger partial charge in [0.2, 0.25) is 5.91 Å². The maximum atomic E-state index is 11.8. The van der Waals surface area contributed by atoms with Crippen molar-refractivity contribution < 1.29 is 9.59 Å². The van der Waals surface area contributed by atoms with E-state index in [1.54, 1.807) is 13.1 Å². The number of pyridine rings is 1. The van der Waals surface area contributed by atoms with Gasteiger partial charge in [-0.05, 0) is 19.1 Å². The van der Waals surface area contributed by atoms with E-state index in [1.807, 2.05) is 30.3 Å². The van der Waals surface area contributed by atoms with E-state index in [0.29, 0.717) is 0 Å². The minimum atomic E-state index is -0.501. The third kappa shape index (κ3) is 3.27. The fraction of sp³-hybridized carbons (Fsp3) is 0.214. The fourth-order valence-corrected chi connectivity index (χ4v) is 2.68. The number of hydrogen-bond acceptors (Lipinski definition) is 4. The van der Waals surface area contributed by atoms with E-state index >= 15 is 0 Å². The van der Waals surface area contributed by atoms with Gasteiger partial charge in [0.15, 0.2) is 0 Å². The lowest BCUT2D eigenvalue weighted by molar-refractivity contribution is -0.119. The number of nitrogens with one attached hydrogen (secondary N) is 2. The molecule has 0 fully saturated rings. The molecule has 2 N–H and O–H groups in total. The summed E-state index contributed by atoms with van der Waals surface area (Å²) in [6.45, 7) is 1.75. The Hall–Kier alpha value is -2.08. The second-order valence-electron chi connectivity index (χ2n) is 4.16. The van der Waals surface area contributed by atoms with E-state index in [1.165, 1.54) is 18.8 Å². The van der Waals surface area contributed by atoms with Gasteiger partial charge in [-0.1, -0.05) is 18.2 Å². The molecule has 3 amide bonds. The molecule has 1 unspecified atom stereocenters. The van der Waals surface area contributed by atoms with Gasteiger partial charge in [-0.15, -0.1) is 11.8 Å². The second kappa shape index (κ2) is 6.38. The number of rotatable bonds is 3. The largest absolute Gasteiger partial charge is 0.341 e. The molecule has 0 saturated heterocycles. The van der Waals surface area contributed by atoms with Gasteiger partial charge in [0.05, 0.1) is 10.8 Å². The van der Waals surface area contributed by atoms with Gasteiger partial charge < -0.3 is 5.32 Å². The number of imide groups is 1. The fourth-order valence-electron chi connectivity index (χ4n) is 1.69. The molecule has 6 heteroatoms. The Morgan fingerprint density at radius 3 is 2.75 bits per heavy atom. The molecule has 2 rings (SSSR count). The average molecular weight is 289 g/mol. The molecule has 0 spiro atoms. The Labute approximate surface area is 121 Å². The van der Waals surface area contributed by atoms with Gasteiger partial charge in [-0.2, -0.15) is 0 Å².